The molecule has 36 heavy (non-hydrogen) atoms. The van der Waals surface area contributed by atoms with Crippen molar-refractivity contribution < 1.29 is 9.59 Å². The summed E-state index contributed by atoms with van der Waals surface area (Å²) >= 11 is 1.57. The lowest BCUT2D eigenvalue weighted by atomic mass is 9.95. The van der Waals surface area contributed by atoms with E-state index < -0.39 is 5.92 Å². The second-order valence-electron chi connectivity index (χ2n) is 9.21. The molecule has 0 saturated carbocycles. The predicted molar refractivity (Wildman–Crippen MR) is 132 cm³/mol. The van der Waals surface area contributed by atoms with Gasteiger partial charge in [-0.3, -0.25) is 18.7 Å². The van der Waals surface area contributed by atoms with E-state index in [1.54, 1.807) is 32.5 Å². The van der Waals surface area contributed by atoms with E-state index in [2.05, 4.69) is 15.3 Å². The number of carbonyl (C=O) groups is 2. The van der Waals surface area contributed by atoms with Crippen LogP contribution in [0, 0.1) is 0 Å². The zero-order valence-electron chi connectivity index (χ0n) is 20.1. The summed E-state index contributed by atoms with van der Waals surface area (Å²) in [7, 11) is 1.70. The highest BCUT2D eigenvalue weighted by atomic mass is 32.1. The van der Waals surface area contributed by atoms with E-state index in [0.717, 1.165) is 28.2 Å². The summed E-state index contributed by atoms with van der Waals surface area (Å²) in [6.45, 7) is 4.05. The Morgan fingerprint density at radius 3 is 2.72 bits per heavy atom. The number of thiazole rings is 1. The molecule has 3 aromatic heterocycles. The molecule has 2 aliphatic rings. The number of fused-ring (bicyclic) bond motifs is 3. The van der Waals surface area contributed by atoms with Crippen molar-refractivity contribution in [1.29, 1.82) is 0 Å². The summed E-state index contributed by atoms with van der Waals surface area (Å²) in [5.41, 5.74) is 5.52. The van der Waals surface area contributed by atoms with Crippen molar-refractivity contribution in [3.05, 3.63) is 62.2 Å². The number of para-hydroxylation sites is 2. The Labute approximate surface area is 210 Å². The minimum absolute atomic E-state index is 0.0351. The molecule has 2 amide bonds. The predicted octanol–water partition coefficient (Wildman–Crippen LogP) is 1.12. The molecule has 0 aliphatic carbocycles. The first kappa shape index (κ1) is 22.7. The molecule has 0 bridgehead atoms. The van der Waals surface area contributed by atoms with Gasteiger partial charge in [-0.1, -0.05) is 17.3 Å². The van der Waals surface area contributed by atoms with Crippen molar-refractivity contribution in [1.82, 2.24) is 38.9 Å². The fraction of sp³-hybridized carbons (Fsp3) is 0.417. The van der Waals surface area contributed by atoms with Crippen molar-refractivity contribution in [2.45, 2.75) is 45.4 Å². The number of hydrogen-bond donors (Lipinski definition) is 0. The molecule has 5 heterocycles. The third-order valence-electron chi connectivity index (χ3n) is 7.21. The molecule has 1 atom stereocenters. The lowest BCUT2D eigenvalue weighted by Gasteiger charge is -2.35. The van der Waals surface area contributed by atoms with Gasteiger partial charge in [-0.05, 0) is 19.1 Å². The van der Waals surface area contributed by atoms with Gasteiger partial charge in [0.15, 0.2) is 0 Å². The van der Waals surface area contributed by atoms with Gasteiger partial charge in [-0.25, -0.2) is 14.5 Å². The SMILES string of the molecule is CCn1nnc2c1C(C(=O)N1CCc3ncsc3C1)CN(C(=O)Cn1c(=O)n(C)c3ccccc31)C2. The Morgan fingerprint density at radius 2 is 1.92 bits per heavy atom. The normalized spacial score (nSPS) is 17.3. The Hall–Kier alpha value is -3.80. The molecule has 186 valence electrons. The zero-order chi connectivity index (χ0) is 25.0. The average Bonchev–Trinajstić information content (AvgIpc) is 3.61. The van der Waals surface area contributed by atoms with Gasteiger partial charge in [-0.15, -0.1) is 16.4 Å². The van der Waals surface area contributed by atoms with Crippen molar-refractivity contribution >= 4 is 34.2 Å². The van der Waals surface area contributed by atoms with E-state index in [0.29, 0.717) is 30.8 Å². The molecular formula is C24H26N8O3S. The van der Waals surface area contributed by atoms with Crippen LogP contribution in [-0.4, -0.2) is 63.8 Å². The van der Waals surface area contributed by atoms with Crippen LogP contribution >= 0.6 is 11.3 Å². The zero-order valence-corrected chi connectivity index (χ0v) is 20.9. The third kappa shape index (κ3) is 3.55. The van der Waals surface area contributed by atoms with Gasteiger partial charge < -0.3 is 9.80 Å². The molecule has 1 aromatic carbocycles. The van der Waals surface area contributed by atoms with Gasteiger partial charge in [0.2, 0.25) is 11.8 Å². The van der Waals surface area contributed by atoms with Crippen LogP contribution in [-0.2, 0) is 49.2 Å². The number of hydrogen-bond acceptors (Lipinski definition) is 7. The lowest BCUT2D eigenvalue weighted by molar-refractivity contribution is -0.138. The van der Waals surface area contributed by atoms with Crippen LogP contribution in [0.25, 0.3) is 11.0 Å². The Bertz CT molecular complexity index is 1550. The number of rotatable bonds is 4. The summed E-state index contributed by atoms with van der Waals surface area (Å²) in [5.74, 6) is -0.829. The Kier molecular flexibility index (Phi) is 5.47. The minimum Gasteiger partial charge on any atom is -0.336 e. The number of nitrogens with zero attached hydrogens (tertiary/aromatic N) is 8. The molecule has 11 nitrogen and oxygen atoms in total. The molecule has 0 saturated heterocycles. The number of aromatic nitrogens is 6. The first-order chi connectivity index (χ1) is 17.5. The Balaban J connectivity index is 1.30. The monoisotopic (exact) mass is 506 g/mol. The van der Waals surface area contributed by atoms with Crippen LogP contribution in [0.4, 0.5) is 0 Å². The molecule has 0 radical (unpaired) electrons. The Morgan fingerprint density at radius 1 is 1.11 bits per heavy atom. The fourth-order valence-electron chi connectivity index (χ4n) is 5.30. The van der Waals surface area contributed by atoms with Crippen molar-refractivity contribution in [2.75, 3.05) is 13.1 Å². The first-order valence-electron chi connectivity index (χ1n) is 12.0. The lowest BCUT2D eigenvalue weighted by Crippen LogP contribution is -2.48. The molecule has 0 N–H and O–H groups in total. The number of carbonyl (C=O) groups excluding carboxylic acids is 2. The van der Waals surface area contributed by atoms with Crippen LogP contribution in [0.15, 0.2) is 34.6 Å². The summed E-state index contributed by atoms with van der Waals surface area (Å²) in [6.07, 6.45) is 0.724. The second kappa shape index (κ2) is 8.70. The van der Waals surface area contributed by atoms with Crippen LogP contribution in [0.5, 0.6) is 0 Å². The van der Waals surface area contributed by atoms with E-state index in [4.69, 9.17) is 0 Å². The van der Waals surface area contributed by atoms with Crippen LogP contribution < -0.4 is 5.69 Å². The van der Waals surface area contributed by atoms with Gasteiger partial charge in [0.05, 0.1) is 46.9 Å². The number of imidazole rings is 1. The van der Waals surface area contributed by atoms with E-state index >= 15 is 0 Å². The summed E-state index contributed by atoms with van der Waals surface area (Å²) in [5, 5.41) is 8.56. The standard InChI is InChI=1S/C24H26N8O3S/c1-3-32-22-15(23(34)29-9-8-16-20(12-29)36-14-25-16)10-30(11-17(22)26-27-32)21(33)13-31-19-7-5-4-6-18(19)28(2)24(31)35/h4-7,14-15H,3,8-13H2,1-2H3. The maximum atomic E-state index is 13.8. The molecule has 0 spiro atoms. The summed E-state index contributed by atoms with van der Waals surface area (Å²) in [4.78, 5) is 49.2. The van der Waals surface area contributed by atoms with Crippen LogP contribution in [0.2, 0.25) is 0 Å². The van der Waals surface area contributed by atoms with Gasteiger partial charge in [-0.2, -0.15) is 0 Å². The summed E-state index contributed by atoms with van der Waals surface area (Å²) in [6, 6.07) is 7.40. The van der Waals surface area contributed by atoms with Crippen LogP contribution in [0.3, 0.4) is 0 Å². The van der Waals surface area contributed by atoms with E-state index in [1.807, 2.05) is 41.6 Å². The second-order valence-corrected chi connectivity index (χ2v) is 10.2. The molecule has 2 aliphatic heterocycles. The molecule has 1 unspecified atom stereocenters. The molecule has 12 heteroatoms. The van der Waals surface area contributed by atoms with E-state index in [-0.39, 0.29) is 37.1 Å². The topological polar surface area (TPSA) is 111 Å². The third-order valence-corrected chi connectivity index (χ3v) is 8.07. The largest absolute Gasteiger partial charge is 0.336 e. The van der Waals surface area contributed by atoms with Gasteiger partial charge in [0.25, 0.3) is 0 Å². The van der Waals surface area contributed by atoms with E-state index in [9.17, 15) is 14.4 Å². The highest BCUT2D eigenvalue weighted by Crippen LogP contribution is 2.31. The van der Waals surface area contributed by atoms with Crippen molar-refractivity contribution in [3.63, 3.8) is 0 Å². The maximum absolute atomic E-state index is 13.8. The molecule has 4 aromatic rings. The number of aryl methyl sites for hydroxylation is 2. The molecule has 6 rings (SSSR count). The molecular weight excluding hydrogens is 480 g/mol. The van der Waals surface area contributed by atoms with Crippen LogP contribution in [0.1, 0.15) is 34.8 Å². The quantitative estimate of drug-likeness (QED) is 0.410. The minimum atomic E-state index is -0.564. The van der Waals surface area contributed by atoms with E-state index in [1.165, 1.54) is 4.57 Å². The van der Waals surface area contributed by atoms with Gasteiger partial charge >= 0.3 is 5.69 Å². The van der Waals surface area contributed by atoms with Gasteiger partial charge in [0, 0.05) is 38.0 Å². The number of benzene rings is 1. The smallest absolute Gasteiger partial charge is 0.329 e. The van der Waals surface area contributed by atoms with Crippen molar-refractivity contribution in [2.24, 2.45) is 7.05 Å². The van der Waals surface area contributed by atoms with Crippen molar-refractivity contribution in [3.8, 4) is 0 Å². The first-order valence-corrected chi connectivity index (χ1v) is 12.9. The number of amides is 2. The summed E-state index contributed by atoms with van der Waals surface area (Å²) < 4.78 is 4.79. The van der Waals surface area contributed by atoms with Gasteiger partial charge in [0.1, 0.15) is 12.2 Å². The maximum Gasteiger partial charge on any atom is 0.329 e. The molecule has 0 fully saturated rings. The highest BCUT2D eigenvalue weighted by molar-refractivity contribution is 7.09. The highest BCUT2D eigenvalue weighted by Gasteiger charge is 2.39. The fourth-order valence-corrected chi connectivity index (χ4v) is 6.13. The average molecular weight is 507 g/mol.